The number of hydrazine groups is 1. The molecule has 0 unspecified atom stereocenters. The molecule has 0 aliphatic heterocycles. The normalized spacial score (nSPS) is 9.75. The predicted molar refractivity (Wildman–Crippen MR) is 70.9 cm³/mol. The Morgan fingerprint density at radius 2 is 2.19 bits per heavy atom. The molecule has 0 saturated heterocycles. The lowest BCUT2D eigenvalue weighted by Gasteiger charge is -2.17. The number of rotatable bonds is 1. The molecule has 0 atom stereocenters. The van der Waals surface area contributed by atoms with Gasteiger partial charge in [0.05, 0.1) is 0 Å². The first-order chi connectivity index (χ1) is 7.47. The summed E-state index contributed by atoms with van der Waals surface area (Å²) >= 11 is 8.23. The van der Waals surface area contributed by atoms with Crippen LogP contribution < -0.4 is 11.2 Å². The van der Waals surface area contributed by atoms with Gasteiger partial charge >= 0.3 is 0 Å². The molecule has 0 aliphatic carbocycles. The van der Waals surface area contributed by atoms with Crippen molar-refractivity contribution in [3.8, 4) is 0 Å². The van der Waals surface area contributed by atoms with Crippen molar-refractivity contribution < 1.29 is 4.79 Å². The highest BCUT2D eigenvalue weighted by Crippen LogP contribution is 2.18. The summed E-state index contributed by atoms with van der Waals surface area (Å²) in [5.74, 6) is 5.21. The van der Waals surface area contributed by atoms with Gasteiger partial charge in [0, 0.05) is 17.1 Å². The lowest BCUT2D eigenvalue weighted by Crippen LogP contribution is -2.47. The Hall–Kier alpha value is -0.980. The van der Waals surface area contributed by atoms with Gasteiger partial charge in [-0.15, -0.1) is 0 Å². The number of hydrogen-bond acceptors (Lipinski definition) is 3. The topological polar surface area (TPSA) is 58.4 Å². The number of carbonyl (C=O) groups excluding carboxylic acids is 1. The summed E-state index contributed by atoms with van der Waals surface area (Å²) < 4.78 is 0.863. The Bertz CT molecular complexity index is 436. The Balaban J connectivity index is 2.97. The first-order valence-corrected chi connectivity index (χ1v) is 5.74. The van der Waals surface area contributed by atoms with Crippen LogP contribution in [0.4, 0.5) is 0 Å². The quantitative estimate of drug-likeness (QED) is 0.358. The number of thiocarbonyl (C=S) groups is 1. The first kappa shape index (κ1) is 13.1. The van der Waals surface area contributed by atoms with Crippen LogP contribution in [0.5, 0.6) is 0 Å². The average Bonchev–Trinajstić information content (AvgIpc) is 2.29. The van der Waals surface area contributed by atoms with E-state index < -0.39 is 0 Å². The third kappa shape index (κ3) is 2.78. The van der Waals surface area contributed by atoms with Gasteiger partial charge in [-0.25, -0.2) is 10.9 Å². The number of hydrogen-bond donors (Lipinski definition) is 2. The largest absolute Gasteiger partial charge is 0.364 e. The van der Waals surface area contributed by atoms with Gasteiger partial charge in [-0.1, -0.05) is 22.0 Å². The van der Waals surface area contributed by atoms with Crippen molar-refractivity contribution in [2.45, 2.75) is 6.92 Å². The molecule has 0 heterocycles. The van der Waals surface area contributed by atoms with E-state index in [1.165, 1.54) is 0 Å². The van der Waals surface area contributed by atoms with Gasteiger partial charge < -0.3 is 5.32 Å². The standard InChI is InChI=1S/C10H12BrN3OS/c1-6-3-4-7(5-8(6)11)9(15)14(12)10(16)13-2/h3-5H,12H2,1-2H3,(H,13,16). The Morgan fingerprint density at radius 1 is 1.56 bits per heavy atom. The van der Waals surface area contributed by atoms with E-state index in [0.717, 1.165) is 15.0 Å². The second-order valence-corrected chi connectivity index (χ2v) is 4.44. The SMILES string of the molecule is CNC(=S)N(N)C(=O)c1ccc(C)c(Br)c1. The molecule has 0 aliphatic rings. The summed E-state index contributed by atoms with van der Waals surface area (Å²) in [4.78, 5) is 11.9. The minimum absolute atomic E-state index is 0.182. The number of halogens is 1. The fourth-order valence-electron chi connectivity index (χ4n) is 1.08. The van der Waals surface area contributed by atoms with Crippen LogP contribution in [0.1, 0.15) is 15.9 Å². The second kappa shape index (κ2) is 5.38. The molecule has 3 N–H and O–H groups in total. The fourth-order valence-corrected chi connectivity index (χ4v) is 1.54. The number of amides is 1. The monoisotopic (exact) mass is 301 g/mol. The summed E-state index contributed by atoms with van der Waals surface area (Å²) in [7, 11) is 1.61. The molecule has 86 valence electrons. The zero-order chi connectivity index (χ0) is 12.3. The minimum Gasteiger partial charge on any atom is -0.364 e. The van der Waals surface area contributed by atoms with Crippen LogP contribution in [0.25, 0.3) is 0 Å². The van der Waals surface area contributed by atoms with E-state index in [0.29, 0.717) is 5.56 Å². The van der Waals surface area contributed by atoms with E-state index in [1.807, 2.05) is 13.0 Å². The van der Waals surface area contributed by atoms with Crippen molar-refractivity contribution >= 4 is 39.2 Å². The maximum Gasteiger partial charge on any atom is 0.274 e. The van der Waals surface area contributed by atoms with E-state index in [9.17, 15) is 4.79 Å². The minimum atomic E-state index is -0.347. The van der Waals surface area contributed by atoms with Crippen LogP contribution in [0.3, 0.4) is 0 Å². The average molecular weight is 302 g/mol. The predicted octanol–water partition coefficient (Wildman–Crippen LogP) is 1.58. The van der Waals surface area contributed by atoms with Gasteiger partial charge in [0.25, 0.3) is 5.91 Å². The van der Waals surface area contributed by atoms with Crippen molar-refractivity contribution in [1.82, 2.24) is 10.3 Å². The van der Waals surface area contributed by atoms with Crippen LogP contribution in [-0.2, 0) is 0 Å². The molecule has 0 saturated carbocycles. The van der Waals surface area contributed by atoms with Crippen LogP contribution in [0, 0.1) is 6.92 Å². The van der Waals surface area contributed by atoms with Crippen molar-refractivity contribution in [3.05, 3.63) is 33.8 Å². The van der Waals surface area contributed by atoms with Crippen molar-refractivity contribution in [1.29, 1.82) is 0 Å². The second-order valence-electron chi connectivity index (χ2n) is 3.19. The fraction of sp³-hybridized carbons (Fsp3) is 0.200. The van der Waals surface area contributed by atoms with Crippen LogP contribution in [0.2, 0.25) is 0 Å². The molecule has 0 aromatic heterocycles. The van der Waals surface area contributed by atoms with E-state index >= 15 is 0 Å². The number of nitrogens with one attached hydrogen (secondary N) is 1. The van der Waals surface area contributed by atoms with Gasteiger partial charge in [-0.05, 0) is 36.8 Å². The van der Waals surface area contributed by atoms with Crippen LogP contribution in [-0.4, -0.2) is 23.1 Å². The summed E-state index contributed by atoms with van der Waals surface area (Å²) in [5, 5.41) is 3.73. The molecule has 1 aromatic carbocycles. The zero-order valence-electron chi connectivity index (χ0n) is 8.95. The van der Waals surface area contributed by atoms with Gasteiger partial charge in [-0.2, -0.15) is 0 Å². The van der Waals surface area contributed by atoms with E-state index in [-0.39, 0.29) is 11.0 Å². The van der Waals surface area contributed by atoms with Crippen LogP contribution in [0.15, 0.2) is 22.7 Å². The number of benzene rings is 1. The van der Waals surface area contributed by atoms with E-state index in [1.54, 1.807) is 19.2 Å². The lowest BCUT2D eigenvalue weighted by atomic mass is 10.1. The highest BCUT2D eigenvalue weighted by Gasteiger charge is 2.16. The Morgan fingerprint density at radius 3 is 2.69 bits per heavy atom. The summed E-state index contributed by atoms with van der Waals surface area (Å²) in [6.07, 6.45) is 0. The molecule has 1 rings (SSSR count). The number of nitrogens with two attached hydrogens (primary N) is 1. The maximum atomic E-state index is 11.9. The summed E-state index contributed by atoms with van der Waals surface area (Å²) in [5.41, 5.74) is 1.54. The molecule has 1 aromatic rings. The van der Waals surface area contributed by atoms with Gasteiger partial charge in [0.15, 0.2) is 5.11 Å². The van der Waals surface area contributed by atoms with E-state index in [2.05, 4.69) is 21.2 Å². The van der Waals surface area contributed by atoms with Crippen molar-refractivity contribution in [2.24, 2.45) is 5.84 Å². The third-order valence-corrected chi connectivity index (χ3v) is 3.33. The molecule has 0 fully saturated rings. The molecule has 1 amide bonds. The van der Waals surface area contributed by atoms with Gasteiger partial charge in [-0.3, -0.25) is 4.79 Å². The molecular formula is C10H12BrN3OS. The smallest absolute Gasteiger partial charge is 0.274 e. The lowest BCUT2D eigenvalue weighted by molar-refractivity contribution is 0.0846. The Kier molecular flexibility index (Phi) is 4.40. The summed E-state index contributed by atoms with van der Waals surface area (Å²) in [6, 6.07) is 5.27. The number of nitrogens with zero attached hydrogens (tertiary/aromatic N) is 1. The molecule has 0 radical (unpaired) electrons. The van der Waals surface area contributed by atoms with Crippen molar-refractivity contribution in [3.63, 3.8) is 0 Å². The molecule has 6 heteroatoms. The number of carbonyl (C=O) groups is 1. The van der Waals surface area contributed by atoms with Crippen molar-refractivity contribution in [2.75, 3.05) is 7.05 Å². The zero-order valence-corrected chi connectivity index (χ0v) is 11.4. The molecule has 0 bridgehead atoms. The first-order valence-electron chi connectivity index (χ1n) is 4.54. The number of aryl methyl sites for hydroxylation is 1. The van der Waals surface area contributed by atoms with Crippen LogP contribution >= 0.6 is 28.1 Å². The molecular weight excluding hydrogens is 290 g/mol. The Labute approximate surface area is 108 Å². The maximum absolute atomic E-state index is 11.9. The summed E-state index contributed by atoms with van der Waals surface area (Å²) in [6.45, 7) is 1.94. The highest BCUT2D eigenvalue weighted by atomic mass is 79.9. The molecule has 0 spiro atoms. The van der Waals surface area contributed by atoms with Gasteiger partial charge in [0.1, 0.15) is 0 Å². The highest BCUT2D eigenvalue weighted by molar-refractivity contribution is 9.10. The van der Waals surface area contributed by atoms with Gasteiger partial charge in [0.2, 0.25) is 0 Å². The third-order valence-electron chi connectivity index (χ3n) is 2.07. The molecule has 4 nitrogen and oxygen atoms in total. The van der Waals surface area contributed by atoms with E-state index in [4.69, 9.17) is 18.1 Å². The molecule has 16 heavy (non-hydrogen) atoms.